The van der Waals surface area contributed by atoms with Gasteiger partial charge >= 0.3 is 0 Å². The summed E-state index contributed by atoms with van der Waals surface area (Å²) < 4.78 is 0. The first-order valence-corrected chi connectivity index (χ1v) is 9.61. The third-order valence-electron chi connectivity index (χ3n) is 5.04. The van der Waals surface area contributed by atoms with E-state index < -0.39 is 0 Å². The van der Waals surface area contributed by atoms with Crippen LogP contribution in [-0.2, 0) is 12.8 Å². The first kappa shape index (κ1) is 18.2. The van der Waals surface area contributed by atoms with Crippen molar-refractivity contribution in [1.29, 1.82) is 0 Å². The minimum Gasteiger partial charge on any atom is -0.130 e. The summed E-state index contributed by atoms with van der Waals surface area (Å²) in [5.41, 5.74) is 9.92. The maximum atomic E-state index is 3.78. The zero-order valence-corrected chi connectivity index (χ0v) is 16.0. The quantitative estimate of drug-likeness (QED) is 0.485. The average Bonchev–Trinajstić information content (AvgIpc) is 2.89. The molecule has 2 aromatic carbocycles. The van der Waals surface area contributed by atoms with E-state index in [1.807, 2.05) is 0 Å². The lowest BCUT2D eigenvalue weighted by molar-refractivity contribution is 0.878. The molecular weight excluding hydrogens is 312 g/mol. The molecule has 132 valence electrons. The fraction of sp³-hybridized carbons (Fsp3) is 0.269. The van der Waals surface area contributed by atoms with E-state index in [2.05, 4.69) is 86.9 Å². The summed E-state index contributed by atoms with van der Waals surface area (Å²) in [5, 5.41) is 2.71. The molecule has 0 radical (unpaired) electrons. The topological polar surface area (TPSA) is 0 Å². The highest BCUT2D eigenvalue weighted by Gasteiger charge is 2.09. The van der Waals surface area contributed by atoms with Gasteiger partial charge in [-0.3, -0.25) is 0 Å². The van der Waals surface area contributed by atoms with E-state index in [-0.39, 0.29) is 0 Å². The Morgan fingerprint density at radius 2 is 1.81 bits per heavy atom. The van der Waals surface area contributed by atoms with Crippen molar-refractivity contribution in [2.45, 2.75) is 46.0 Å². The van der Waals surface area contributed by atoms with Gasteiger partial charge in [-0.25, -0.2) is 0 Å². The standard InChI is InChI=1S/C26H28/c1-4-10-21-11-6-7-12-22(18-21)19-24-16-15-23(17-20(3)5-2)25-13-8-9-14-26(24)25/h6-9,12-16,18H,2,4,10-11,17,19H2,1,3H3. The van der Waals surface area contributed by atoms with Crippen LogP contribution in [0.4, 0.5) is 0 Å². The molecule has 2 aromatic rings. The number of hydrogen-bond acceptors (Lipinski definition) is 0. The maximum Gasteiger partial charge on any atom is 0.00123 e. The summed E-state index contributed by atoms with van der Waals surface area (Å²) in [5.74, 6) is 0. The van der Waals surface area contributed by atoms with Crippen molar-refractivity contribution in [1.82, 2.24) is 0 Å². The fourth-order valence-electron chi connectivity index (χ4n) is 3.69. The largest absolute Gasteiger partial charge is 0.130 e. The summed E-state index contributed by atoms with van der Waals surface area (Å²) in [6.45, 7) is 8.13. The van der Waals surface area contributed by atoms with Gasteiger partial charge in [-0.2, -0.15) is 0 Å². The third kappa shape index (κ3) is 4.34. The van der Waals surface area contributed by atoms with Crippen LogP contribution in [0.2, 0.25) is 0 Å². The third-order valence-corrected chi connectivity index (χ3v) is 5.04. The molecule has 0 heterocycles. The van der Waals surface area contributed by atoms with Crippen LogP contribution in [-0.4, -0.2) is 0 Å². The van der Waals surface area contributed by atoms with Crippen LogP contribution in [0.25, 0.3) is 10.8 Å². The second kappa shape index (κ2) is 8.70. The van der Waals surface area contributed by atoms with Crippen LogP contribution in [0, 0.1) is 0 Å². The van der Waals surface area contributed by atoms with Gasteiger partial charge in [0.05, 0.1) is 0 Å². The lowest BCUT2D eigenvalue weighted by Crippen LogP contribution is -1.95. The fourth-order valence-corrected chi connectivity index (χ4v) is 3.69. The van der Waals surface area contributed by atoms with Gasteiger partial charge in [-0.1, -0.05) is 86.2 Å². The normalized spacial score (nSPS) is 13.8. The van der Waals surface area contributed by atoms with Crippen molar-refractivity contribution in [3.05, 3.63) is 101 Å². The van der Waals surface area contributed by atoms with Gasteiger partial charge in [0.25, 0.3) is 0 Å². The summed E-state index contributed by atoms with van der Waals surface area (Å²) in [7, 11) is 0. The van der Waals surface area contributed by atoms with Gasteiger partial charge in [0.2, 0.25) is 0 Å². The summed E-state index contributed by atoms with van der Waals surface area (Å²) in [6, 6.07) is 13.4. The second-order valence-electron chi connectivity index (χ2n) is 7.17. The molecule has 0 atom stereocenters. The minimum atomic E-state index is 0.913. The Labute approximate surface area is 157 Å². The monoisotopic (exact) mass is 340 g/mol. The highest BCUT2D eigenvalue weighted by atomic mass is 14.1. The van der Waals surface area contributed by atoms with Crippen LogP contribution in [0.5, 0.6) is 0 Å². The van der Waals surface area contributed by atoms with Gasteiger partial charge < -0.3 is 0 Å². The van der Waals surface area contributed by atoms with E-state index in [1.54, 1.807) is 5.57 Å². The van der Waals surface area contributed by atoms with Crippen molar-refractivity contribution in [3.8, 4) is 0 Å². The molecule has 0 bridgehead atoms. The van der Waals surface area contributed by atoms with Crippen LogP contribution in [0.15, 0.2) is 89.7 Å². The van der Waals surface area contributed by atoms with E-state index in [4.69, 9.17) is 0 Å². The first-order valence-electron chi connectivity index (χ1n) is 9.61. The lowest BCUT2D eigenvalue weighted by atomic mass is 9.92. The van der Waals surface area contributed by atoms with Crippen molar-refractivity contribution in [2.75, 3.05) is 0 Å². The van der Waals surface area contributed by atoms with Gasteiger partial charge in [0.15, 0.2) is 0 Å². The molecule has 26 heavy (non-hydrogen) atoms. The smallest absolute Gasteiger partial charge is 0.00123 e. The molecule has 3 rings (SSSR count). The number of benzene rings is 2. The molecule has 0 spiro atoms. The summed E-state index contributed by atoms with van der Waals surface area (Å²) in [4.78, 5) is 0. The number of allylic oxidation sites excluding steroid dienone is 7. The van der Waals surface area contributed by atoms with Gasteiger partial charge in [0.1, 0.15) is 0 Å². The van der Waals surface area contributed by atoms with Crippen molar-refractivity contribution in [3.63, 3.8) is 0 Å². The number of hydrogen-bond donors (Lipinski definition) is 0. The van der Waals surface area contributed by atoms with Gasteiger partial charge in [-0.05, 0) is 59.2 Å². The maximum absolute atomic E-state index is 3.78. The van der Waals surface area contributed by atoms with E-state index in [0.717, 1.165) is 19.3 Å². The Bertz CT molecular complexity index is 928. The summed E-state index contributed by atoms with van der Waals surface area (Å²) >= 11 is 0. The van der Waals surface area contributed by atoms with E-state index in [0.29, 0.717) is 0 Å². The number of rotatable bonds is 6. The second-order valence-corrected chi connectivity index (χ2v) is 7.17. The van der Waals surface area contributed by atoms with Gasteiger partial charge in [-0.15, -0.1) is 5.73 Å². The van der Waals surface area contributed by atoms with Crippen molar-refractivity contribution >= 4 is 10.8 Å². The zero-order valence-electron chi connectivity index (χ0n) is 16.0. The van der Waals surface area contributed by atoms with Crippen LogP contribution >= 0.6 is 0 Å². The molecule has 0 saturated carbocycles. The molecule has 0 amide bonds. The molecular formula is C26H28. The predicted octanol–water partition coefficient (Wildman–Crippen LogP) is 7.27. The predicted molar refractivity (Wildman–Crippen MR) is 115 cm³/mol. The Morgan fingerprint density at radius 3 is 2.54 bits per heavy atom. The van der Waals surface area contributed by atoms with Crippen LogP contribution in [0.1, 0.15) is 44.2 Å². The molecule has 0 heteroatoms. The number of fused-ring (bicyclic) bond motifs is 1. The van der Waals surface area contributed by atoms with E-state index in [9.17, 15) is 0 Å². The highest BCUT2D eigenvalue weighted by Crippen LogP contribution is 2.28. The first-order chi connectivity index (χ1) is 12.7. The molecule has 0 saturated heterocycles. The molecule has 0 fully saturated rings. The molecule has 0 nitrogen and oxygen atoms in total. The molecule has 1 aliphatic rings. The Balaban J connectivity index is 1.97. The SMILES string of the molecule is C=C=C(C)Cc1ccc(CC2=CC=CCC(CCC)=C2)c2ccccc12. The lowest BCUT2D eigenvalue weighted by Gasteiger charge is -2.12. The molecule has 0 aromatic heterocycles. The van der Waals surface area contributed by atoms with Crippen molar-refractivity contribution in [2.24, 2.45) is 0 Å². The average molecular weight is 341 g/mol. The summed E-state index contributed by atoms with van der Waals surface area (Å²) in [6.07, 6.45) is 14.6. The van der Waals surface area contributed by atoms with Gasteiger partial charge in [0, 0.05) is 6.42 Å². The Kier molecular flexibility index (Phi) is 6.10. The highest BCUT2D eigenvalue weighted by molar-refractivity contribution is 5.89. The molecule has 0 aliphatic heterocycles. The molecule has 1 aliphatic carbocycles. The van der Waals surface area contributed by atoms with E-state index in [1.165, 1.54) is 45.9 Å². The minimum absolute atomic E-state index is 0.913. The zero-order chi connectivity index (χ0) is 18.4. The molecule has 0 N–H and O–H groups in total. The molecule has 0 unspecified atom stereocenters. The van der Waals surface area contributed by atoms with Crippen LogP contribution in [0.3, 0.4) is 0 Å². The van der Waals surface area contributed by atoms with Crippen LogP contribution < -0.4 is 0 Å². The Morgan fingerprint density at radius 1 is 1.08 bits per heavy atom. The van der Waals surface area contributed by atoms with Crippen molar-refractivity contribution < 1.29 is 0 Å². The Hall–Kier alpha value is -2.56. The van der Waals surface area contributed by atoms with E-state index >= 15 is 0 Å².